The predicted molar refractivity (Wildman–Crippen MR) is 78.0 cm³/mol. The Hall–Kier alpha value is -1.55. The van der Waals surface area contributed by atoms with E-state index in [2.05, 4.69) is 22.2 Å². The van der Waals surface area contributed by atoms with Crippen LogP contribution in [0.1, 0.15) is 37.2 Å². The lowest BCUT2D eigenvalue weighted by Crippen LogP contribution is -2.40. The Balaban J connectivity index is 1.63. The molecule has 4 heteroatoms. The van der Waals surface area contributed by atoms with E-state index in [1.807, 2.05) is 12.1 Å². The number of carbonyl (C=O) groups is 1. The summed E-state index contributed by atoms with van der Waals surface area (Å²) in [4.78, 5) is 11.0. The second-order valence-electron chi connectivity index (χ2n) is 5.27. The van der Waals surface area contributed by atoms with Crippen LogP contribution in [0.5, 0.6) is 5.75 Å². The number of hydrogen-bond donors (Lipinski definition) is 1. The van der Waals surface area contributed by atoms with Gasteiger partial charge in [0, 0.05) is 12.5 Å². The SMILES string of the molecule is COC(=O)CCCNC1CC(c2ccc(OC)cc2)C1. The van der Waals surface area contributed by atoms with Crippen LogP contribution in [0.3, 0.4) is 0 Å². The molecule has 1 aromatic rings. The van der Waals surface area contributed by atoms with E-state index in [9.17, 15) is 4.79 Å². The Morgan fingerprint density at radius 1 is 1.25 bits per heavy atom. The van der Waals surface area contributed by atoms with E-state index in [4.69, 9.17) is 4.74 Å². The Morgan fingerprint density at radius 3 is 2.55 bits per heavy atom. The fraction of sp³-hybridized carbons (Fsp3) is 0.562. The van der Waals surface area contributed by atoms with Gasteiger partial charge in [-0.3, -0.25) is 4.79 Å². The summed E-state index contributed by atoms with van der Waals surface area (Å²) in [5, 5.41) is 3.49. The maximum absolute atomic E-state index is 11.0. The van der Waals surface area contributed by atoms with E-state index in [0.717, 1.165) is 18.7 Å². The molecule has 1 aliphatic rings. The zero-order valence-electron chi connectivity index (χ0n) is 12.2. The number of esters is 1. The Morgan fingerprint density at radius 2 is 1.95 bits per heavy atom. The van der Waals surface area contributed by atoms with Crippen molar-refractivity contribution >= 4 is 5.97 Å². The van der Waals surface area contributed by atoms with Gasteiger partial charge < -0.3 is 14.8 Å². The normalized spacial score (nSPS) is 21.1. The van der Waals surface area contributed by atoms with Gasteiger partial charge >= 0.3 is 5.97 Å². The van der Waals surface area contributed by atoms with Crippen LogP contribution in [-0.2, 0) is 9.53 Å². The molecule has 0 heterocycles. The molecule has 0 aliphatic heterocycles. The van der Waals surface area contributed by atoms with E-state index < -0.39 is 0 Å². The summed E-state index contributed by atoms with van der Waals surface area (Å²) in [6.45, 7) is 0.884. The first-order valence-electron chi connectivity index (χ1n) is 7.17. The summed E-state index contributed by atoms with van der Waals surface area (Å²) in [6, 6.07) is 8.92. The number of rotatable bonds is 7. The molecule has 110 valence electrons. The summed E-state index contributed by atoms with van der Waals surface area (Å²) in [5.41, 5.74) is 1.39. The highest BCUT2D eigenvalue weighted by atomic mass is 16.5. The highest BCUT2D eigenvalue weighted by Gasteiger charge is 2.29. The van der Waals surface area contributed by atoms with E-state index in [1.165, 1.54) is 25.5 Å². The van der Waals surface area contributed by atoms with Crippen molar-refractivity contribution in [2.45, 2.75) is 37.6 Å². The third-order valence-electron chi connectivity index (χ3n) is 3.94. The van der Waals surface area contributed by atoms with Crippen molar-refractivity contribution in [3.8, 4) is 5.75 Å². The van der Waals surface area contributed by atoms with Gasteiger partial charge in [0.25, 0.3) is 0 Å². The lowest BCUT2D eigenvalue weighted by Gasteiger charge is -2.36. The number of nitrogens with one attached hydrogen (secondary N) is 1. The maximum atomic E-state index is 11.0. The molecule has 0 bridgehead atoms. The number of methoxy groups -OCH3 is 2. The van der Waals surface area contributed by atoms with Crippen LogP contribution in [-0.4, -0.2) is 32.8 Å². The summed E-state index contributed by atoms with van der Waals surface area (Å²) < 4.78 is 9.78. The van der Waals surface area contributed by atoms with Gasteiger partial charge in [-0.1, -0.05) is 12.1 Å². The molecule has 20 heavy (non-hydrogen) atoms. The van der Waals surface area contributed by atoms with E-state index in [0.29, 0.717) is 18.4 Å². The minimum absolute atomic E-state index is 0.128. The standard InChI is InChI=1S/C16H23NO3/c1-19-15-7-5-12(6-8-15)13-10-14(11-13)17-9-3-4-16(18)20-2/h5-8,13-14,17H,3-4,9-11H2,1-2H3. The number of benzene rings is 1. The number of hydrogen-bond acceptors (Lipinski definition) is 4. The molecular weight excluding hydrogens is 254 g/mol. The fourth-order valence-electron chi connectivity index (χ4n) is 2.57. The van der Waals surface area contributed by atoms with Gasteiger partial charge in [-0.2, -0.15) is 0 Å². The molecule has 0 saturated heterocycles. The van der Waals surface area contributed by atoms with Gasteiger partial charge in [0.05, 0.1) is 14.2 Å². The summed E-state index contributed by atoms with van der Waals surface area (Å²) in [6.07, 6.45) is 3.68. The van der Waals surface area contributed by atoms with Gasteiger partial charge in [-0.05, 0) is 49.4 Å². The Bertz CT molecular complexity index is 424. The predicted octanol–water partition coefficient (Wildman–Crippen LogP) is 2.48. The number of ether oxygens (including phenoxy) is 2. The zero-order chi connectivity index (χ0) is 14.4. The van der Waals surface area contributed by atoms with Crippen molar-refractivity contribution < 1.29 is 14.3 Å². The van der Waals surface area contributed by atoms with E-state index in [1.54, 1.807) is 7.11 Å². The molecule has 1 fully saturated rings. The lowest BCUT2D eigenvalue weighted by atomic mass is 9.76. The minimum atomic E-state index is -0.128. The van der Waals surface area contributed by atoms with Gasteiger partial charge in [-0.15, -0.1) is 0 Å². The third-order valence-corrected chi connectivity index (χ3v) is 3.94. The lowest BCUT2D eigenvalue weighted by molar-refractivity contribution is -0.140. The topological polar surface area (TPSA) is 47.6 Å². The average Bonchev–Trinajstić information content (AvgIpc) is 2.45. The molecule has 0 unspecified atom stereocenters. The van der Waals surface area contributed by atoms with Gasteiger partial charge in [0.15, 0.2) is 0 Å². The van der Waals surface area contributed by atoms with Gasteiger partial charge in [0.2, 0.25) is 0 Å². The molecule has 1 N–H and O–H groups in total. The molecule has 1 aliphatic carbocycles. The Kier molecular flexibility index (Phi) is 5.41. The summed E-state index contributed by atoms with van der Waals surface area (Å²) in [7, 11) is 3.12. The van der Waals surface area contributed by atoms with E-state index >= 15 is 0 Å². The summed E-state index contributed by atoms with van der Waals surface area (Å²) in [5.74, 6) is 1.43. The Labute approximate surface area is 120 Å². The van der Waals surface area contributed by atoms with Gasteiger partial charge in [-0.25, -0.2) is 0 Å². The highest BCUT2D eigenvalue weighted by Crippen LogP contribution is 2.37. The molecule has 0 radical (unpaired) electrons. The second-order valence-corrected chi connectivity index (χ2v) is 5.27. The monoisotopic (exact) mass is 277 g/mol. The first-order chi connectivity index (χ1) is 9.72. The van der Waals surface area contributed by atoms with Crippen LogP contribution in [0, 0.1) is 0 Å². The third kappa shape index (κ3) is 3.97. The van der Waals surface area contributed by atoms with Crippen molar-refractivity contribution in [3.63, 3.8) is 0 Å². The molecule has 1 saturated carbocycles. The molecule has 0 atom stereocenters. The molecule has 1 aromatic carbocycles. The van der Waals surface area contributed by atoms with Crippen molar-refractivity contribution in [1.82, 2.24) is 5.32 Å². The zero-order valence-corrected chi connectivity index (χ0v) is 12.2. The molecule has 0 amide bonds. The molecule has 2 rings (SSSR count). The van der Waals surface area contributed by atoms with Crippen LogP contribution in [0.15, 0.2) is 24.3 Å². The second kappa shape index (κ2) is 7.29. The smallest absolute Gasteiger partial charge is 0.305 e. The van der Waals surface area contributed by atoms with Gasteiger partial charge in [0.1, 0.15) is 5.75 Å². The largest absolute Gasteiger partial charge is 0.497 e. The molecule has 4 nitrogen and oxygen atoms in total. The first-order valence-corrected chi connectivity index (χ1v) is 7.17. The van der Waals surface area contributed by atoms with Crippen molar-refractivity contribution in [3.05, 3.63) is 29.8 Å². The van der Waals surface area contributed by atoms with Crippen LogP contribution >= 0.6 is 0 Å². The van der Waals surface area contributed by atoms with Crippen LogP contribution in [0.2, 0.25) is 0 Å². The molecular formula is C16H23NO3. The number of carbonyl (C=O) groups excluding carboxylic acids is 1. The van der Waals surface area contributed by atoms with Crippen LogP contribution < -0.4 is 10.1 Å². The first kappa shape index (κ1) is 14.9. The summed E-state index contributed by atoms with van der Waals surface area (Å²) >= 11 is 0. The molecule has 0 spiro atoms. The van der Waals surface area contributed by atoms with Crippen molar-refractivity contribution in [1.29, 1.82) is 0 Å². The van der Waals surface area contributed by atoms with Crippen molar-refractivity contribution in [2.75, 3.05) is 20.8 Å². The van der Waals surface area contributed by atoms with Crippen LogP contribution in [0.25, 0.3) is 0 Å². The molecule has 0 aromatic heterocycles. The van der Waals surface area contributed by atoms with E-state index in [-0.39, 0.29) is 5.97 Å². The average molecular weight is 277 g/mol. The maximum Gasteiger partial charge on any atom is 0.305 e. The fourth-order valence-corrected chi connectivity index (χ4v) is 2.57. The van der Waals surface area contributed by atoms with Crippen molar-refractivity contribution in [2.24, 2.45) is 0 Å². The quantitative estimate of drug-likeness (QED) is 0.614. The minimum Gasteiger partial charge on any atom is -0.497 e. The highest BCUT2D eigenvalue weighted by molar-refractivity contribution is 5.69. The van der Waals surface area contributed by atoms with Crippen LogP contribution in [0.4, 0.5) is 0 Å².